The number of H-pyrrole nitrogens is 1. The van der Waals surface area contributed by atoms with Crippen molar-refractivity contribution in [3.05, 3.63) is 35.0 Å². The molecule has 1 aromatic carbocycles. The van der Waals surface area contributed by atoms with Gasteiger partial charge in [0.25, 0.3) is 0 Å². The lowest BCUT2D eigenvalue weighted by molar-refractivity contribution is 0.659. The first kappa shape index (κ1) is 5.41. The van der Waals surface area contributed by atoms with Gasteiger partial charge in [-0.2, -0.15) is 0 Å². The molecule has 5 rings (SSSR count). The van der Waals surface area contributed by atoms with Crippen molar-refractivity contribution in [3.8, 4) is 0 Å². The predicted molar refractivity (Wildman–Crippen MR) is 48.4 cm³/mol. The summed E-state index contributed by atoms with van der Waals surface area (Å²) in [5.41, 5.74) is 6.03. The van der Waals surface area contributed by atoms with Crippen molar-refractivity contribution in [2.45, 2.75) is 18.8 Å². The maximum Gasteiger partial charge on any atom is 0.0489 e. The molecule has 1 unspecified atom stereocenters. The molecule has 1 N–H and O–H groups in total. The van der Waals surface area contributed by atoms with Crippen molar-refractivity contribution in [1.82, 2.24) is 4.98 Å². The Kier molecular flexibility index (Phi) is 0.652. The fourth-order valence-electron chi connectivity index (χ4n) is 2.85. The van der Waals surface area contributed by atoms with Gasteiger partial charge in [-0.15, -0.1) is 0 Å². The average molecular weight is 155 g/mol. The van der Waals surface area contributed by atoms with E-state index in [2.05, 4.69) is 23.3 Å². The van der Waals surface area contributed by atoms with Gasteiger partial charge in [-0.05, 0) is 41.5 Å². The van der Waals surface area contributed by atoms with Crippen LogP contribution in [-0.2, 0) is 12.8 Å². The fourth-order valence-corrected chi connectivity index (χ4v) is 2.85. The Hall–Kier alpha value is -1.24. The first-order chi connectivity index (χ1) is 5.92. The summed E-state index contributed by atoms with van der Waals surface area (Å²) in [7, 11) is 0. The van der Waals surface area contributed by atoms with Crippen LogP contribution in [-0.4, -0.2) is 4.98 Å². The minimum Gasteiger partial charge on any atom is -0.361 e. The second-order valence-electron chi connectivity index (χ2n) is 4.03. The average Bonchev–Trinajstić information content (AvgIpc) is 2.42. The summed E-state index contributed by atoms with van der Waals surface area (Å²) in [5, 5.41) is 1.49. The van der Waals surface area contributed by atoms with E-state index in [9.17, 15) is 0 Å². The van der Waals surface area contributed by atoms with E-state index >= 15 is 0 Å². The predicted octanol–water partition coefficient (Wildman–Crippen LogP) is 2.36. The van der Waals surface area contributed by atoms with Crippen molar-refractivity contribution in [2.24, 2.45) is 0 Å². The summed E-state index contributed by atoms with van der Waals surface area (Å²) in [6, 6.07) is 4.71. The van der Waals surface area contributed by atoms with Gasteiger partial charge >= 0.3 is 0 Å². The van der Waals surface area contributed by atoms with Gasteiger partial charge < -0.3 is 4.98 Å². The number of hydrogen-bond donors (Lipinski definition) is 1. The van der Waals surface area contributed by atoms with Crippen LogP contribution in [0.25, 0.3) is 10.9 Å². The minimum atomic E-state index is 0.804. The Labute approximate surface area is 70.4 Å². The van der Waals surface area contributed by atoms with Crippen molar-refractivity contribution in [2.75, 3.05) is 0 Å². The zero-order valence-corrected chi connectivity index (χ0v) is 6.72. The summed E-state index contributed by atoms with van der Waals surface area (Å²) in [6.07, 6.45) is 4.75. The van der Waals surface area contributed by atoms with E-state index in [-0.39, 0.29) is 0 Å². The Morgan fingerprint density at radius 3 is 3.25 bits per heavy atom. The molecular formula is C11H9N. The molecule has 2 aromatic rings. The Morgan fingerprint density at radius 2 is 2.25 bits per heavy atom. The highest BCUT2D eigenvalue weighted by molar-refractivity contribution is 5.90. The number of benzene rings is 1. The van der Waals surface area contributed by atoms with Crippen LogP contribution < -0.4 is 0 Å². The van der Waals surface area contributed by atoms with Crippen molar-refractivity contribution in [1.29, 1.82) is 0 Å². The molecular weight excluding hydrogens is 146 g/mol. The molecule has 58 valence electrons. The van der Waals surface area contributed by atoms with Crippen LogP contribution in [0.3, 0.4) is 0 Å². The number of nitrogens with one attached hydrogen (secondary N) is 1. The van der Waals surface area contributed by atoms with Crippen molar-refractivity contribution < 1.29 is 0 Å². The van der Waals surface area contributed by atoms with Crippen LogP contribution >= 0.6 is 0 Å². The van der Waals surface area contributed by atoms with Crippen LogP contribution in [0, 0.1) is 0 Å². The number of aromatic nitrogens is 1. The zero-order chi connectivity index (χ0) is 7.71. The first-order valence-corrected chi connectivity index (χ1v) is 4.54. The zero-order valence-electron chi connectivity index (χ0n) is 6.72. The summed E-state index contributed by atoms with van der Waals surface area (Å²) >= 11 is 0. The van der Waals surface area contributed by atoms with Crippen LogP contribution in [0.2, 0.25) is 0 Å². The third-order valence-corrected chi connectivity index (χ3v) is 3.35. The standard InChI is InChI=1S/C11H9N/c1-6-2-8-4-7(1)10-5-12-11(8)9(10)3-6/h2-3,5,7,12H,1,4H2. The third-order valence-electron chi connectivity index (χ3n) is 3.35. The van der Waals surface area contributed by atoms with Crippen molar-refractivity contribution >= 4 is 10.9 Å². The van der Waals surface area contributed by atoms with Gasteiger partial charge in [0, 0.05) is 17.1 Å². The molecule has 0 saturated heterocycles. The lowest BCUT2D eigenvalue weighted by atomic mass is 9.76. The van der Waals surface area contributed by atoms with Crippen LogP contribution in [0.5, 0.6) is 0 Å². The summed E-state index contributed by atoms with van der Waals surface area (Å²) in [5.74, 6) is 0.804. The van der Waals surface area contributed by atoms with Gasteiger partial charge in [0.05, 0.1) is 0 Å². The number of aromatic amines is 1. The molecule has 1 atom stereocenters. The van der Waals surface area contributed by atoms with E-state index in [0.717, 1.165) is 5.92 Å². The lowest BCUT2D eigenvalue weighted by Gasteiger charge is -2.27. The van der Waals surface area contributed by atoms with E-state index < -0.39 is 0 Å². The van der Waals surface area contributed by atoms with Gasteiger partial charge in [-0.25, -0.2) is 0 Å². The van der Waals surface area contributed by atoms with E-state index in [0.29, 0.717) is 0 Å². The molecule has 1 heterocycles. The lowest BCUT2D eigenvalue weighted by Crippen LogP contribution is -2.15. The monoisotopic (exact) mass is 155 g/mol. The molecule has 0 aliphatic heterocycles. The second kappa shape index (κ2) is 1.45. The highest BCUT2D eigenvalue weighted by Crippen LogP contribution is 2.43. The molecule has 6 bridgehead atoms. The van der Waals surface area contributed by atoms with Gasteiger partial charge in [0.15, 0.2) is 0 Å². The molecule has 0 spiro atoms. The van der Waals surface area contributed by atoms with E-state index in [1.165, 1.54) is 29.3 Å². The highest BCUT2D eigenvalue weighted by Gasteiger charge is 2.29. The fraction of sp³-hybridized carbons (Fsp3) is 0.273. The molecule has 1 nitrogen and oxygen atoms in total. The summed E-state index contributed by atoms with van der Waals surface area (Å²) in [6.45, 7) is 0. The first-order valence-electron chi connectivity index (χ1n) is 4.54. The van der Waals surface area contributed by atoms with Gasteiger partial charge in [-0.1, -0.05) is 6.07 Å². The van der Waals surface area contributed by atoms with Crippen LogP contribution in [0.1, 0.15) is 22.6 Å². The molecule has 1 aromatic heterocycles. The van der Waals surface area contributed by atoms with E-state index in [1.54, 1.807) is 11.1 Å². The molecule has 0 radical (unpaired) electrons. The normalized spacial score (nSPS) is 23.2. The number of hydrogen-bond acceptors (Lipinski definition) is 0. The quantitative estimate of drug-likeness (QED) is 0.601. The molecule has 12 heavy (non-hydrogen) atoms. The molecule has 3 aliphatic carbocycles. The van der Waals surface area contributed by atoms with Crippen molar-refractivity contribution in [3.63, 3.8) is 0 Å². The molecule has 0 fully saturated rings. The Bertz CT molecular complexity index is 493. The minimum absolute atomic E-state index is 0.804. The molecule has 1 heteroatoms. The number of rotatable bonds is 0. The van der Waals surface area contributed by atoms with E-state index in [4.69, 9.17) is 0 Å². The molecule has 0 amide bonds. The summed E-state index contributed by atoms with van der Waals surface area (Å²) in [4.78, 5) is 3.38. The topological polar surface area (TPSA) is 15.8 Å². The smallest absolute Gasteiger partial charge is 0.0489 e. The van der Waals surface area contributed by atoms with Gasteiger partial charge in [-0.3, -0.25) is 0 Å². The van der Waals surface area contributed by atoms with Gasteiger partial charge in [0.2, 0.25) is 0 Å². The Morgan fingerprint density at radius 1 is 1.25 bits per heavy atom. The maximum atomic E-state index is 3.38. The van der Waals surface area contributed by atoms with Gasteiger partial charge in [0.1, 0.15) is 0 Å². The third kappa shape index (κ3) is 0.413. The maximum absolute atomic E-state index is 3.38. The molecule has 0 saturated carbocycles. The highest BCUT2D eigenvalue weighted by atomic mass is 14.7. The second-order valence-corrected chi connectivity index (χ2v) is 4.03. The van der Waals surface area contributed by atoms with Crippen LogP contribution in [0.4, 0.5) is 0 Å². The summed E-state index contributed by atoms with van der Waals surface area (Å²) < 4.78 is 0. The largest absolute Gasteiger partial charge is 0.361 e. The van der Waals surface area contributed by atoms with Crippen LogP contribution in [0.15, 0.2) is 18.3 Å². The molecule has 3 aliphatic rings. The Balaban J connectivity index is 2.44. The van der Waals surface area contributed by atoms with E-state index in [1.807, 2.05) is 0 Å². The SMILES string of the molecule is c1[nH]c2c3cc4cc2c1C(C4)C3.